The fourth-order valence-corrected chi connectivity index (χ4v) is 1.04. The van der Waals surface area contributed by atoms with Gasteiger partial charge in [-0.25, -0.2) is 0 Å². The summed E-state index contributed by atoms with van der Waals surface area (Å²) in [5, 5.41) is 0. The Morgan fingerprint density at radius 3 is 2.50 bits per heavy atom. The number of rotatable bonds is 5. The predicted octanol–water partition coefficient (Wildman–Crippen LogP) is 2.89. The van der Waals surface area contributed by atoms with Crippen molar-refractivity contribution in [3.63, 3.8) is 0 Å². The molecule has 0 nitrogen and oxygen atoms in total. The molecule has 0 aromatic carbocycles. The average Bonchev–Trinajstić information content (AvgIpc) is 1.87. The van der Waals surface area contributed by atoms with E-state index in [9.17, 15) is 8.22 Å². The zero-order valence-electron chi connectivity index (χ0n) is 6.32. The third-order valence-corrected chi connectivity index (χ3v) is 1.83. The molecule has 0 aliphatic heterocycles. The Labute approximate surface area is 62.9 Å². The molecule has 0 N–H and O–H groups in total. The molecule has 0 bridgehead atoms. The normalized spacial score (nSPS) is 11.6. The maximum Gasteiger partial charge on any atom is 0.415 e. The summed E-state index contributed by atoms with van der Waals surface area (Å²) < 4.78 is 23.3. The molecular formula is C7H14F2Si. The molecule has 0 amide bonds. The summed E-state index contributed by atoms with van der Waals surface area (Å²) >= 11 is 0. The van der Waals surface area contributed by atoms with Crippen LogP contribution < -0.4 is 0 Å². The molecule has 0 saturated heterocycles. The first-order valence-electron chi connectivity index (χ1n) is 3.70. The van der Waals surface area contributed by atoms with Crippen molar-refractivity contribution in [1.82, 2.24) is 0 Å². The van der Waals surface area contributed by atoms with Crippen molar-refractivity contribution in [2.24, 2.45) is 0 Å². The van der Waals surface area contributed by atoms with Gasteiger partial charge in [-0.05, 0) is 6.42 Å². The van der Waals surface area contributed by atoms with Gasteiger partial charge in [0.15, 0.2) is 0 Å². The fraction of sp³-hybridized carbons (Fsp3) is 0.714. The second-order valence-corrected chi connectivity index (χ2v) is 3.49. The first kappa shape index (κ1) is 9.82. The van der Waals surface area contributed by atoms with Crippen LogP contribution in [-0.4, -0.2) is 9.46 Å². The molecule has 0 aliphatic carbocycles. The van der Waals surface area contributed by atoms with E-state index in [0.29, 0.717) is 0 Å². The summed E-state index contributed by atoms with van der Waals surface area (Å²) in [4.78, 5) is 0. The molecule has 0 fully saturated rings. The van der Waals surface area contributed by atoms with Crippen LogP contribution >= 0.6 is 0 Å². The number of allylic oxidation sites excluding steroid dienone is 2. The summed E-state index contributed by atoms with van der Waals surface area (Å²) in [5.74, 6) is 0. The quantitative estimate of drug-likeness (QED) is 0.254. The minimum Gasteiger partial charge on any atom is -0.274 e. The van der Waals surface area contributed by atoms with Crippen molar-refractivity contribution < 1.29 is 8.22 Å². The van der Waals surface area contributed by atoms with Crippen LogP contribution in [0.25, 0.3) is 0 Å². The standard InChI is InChI=1S/C7H14F2Si/c1-2-3-4-5-6-7-10(8)9/h5-6,10H,2-4,7H2,1H3. The van der Waals surface area contributed by atoms with Gasteiger partial charge in [0.1, 0.15) is 0 Å². The van der Waals surface area contributed by atoms with Crippen molar-refractivity contribution in [3.05, 3.63) is 12.2 Å². The molecule has 3 heteroatoms. The predicted molar refractivity (Wildman–Crippen MR) is 42.8 cm³/mol. The highest BCUT2D eigenvalue weighted by molar-refractivity contribution is 6.43. The van der Waals surface area contributed by atoms with Gasteiger partial charge in [0, 0.05) is 6.04 Å². The van der Waals surface area contributed by atoms with Crippen LogP contribution in [0.1, 0.15) is 26.2 Å². The van der Waals surface area contributed by atoms with Crippen LogP contribution in [0.5, 0.6) is 0 Å². The largest absolute Gasteiger partial charge is 0.415 e. The van der Waals surface area contributed by atoms with Crippen LogP contribution in [0.3, 0.4) is 0 Å². The average molecular weight is 164 g/mol. The molecule has 10 heavy (non-hydrogen) atoms. The van der Waals surface area contributed by atoms with E-state index in [2.05, 4.69) is 6.92 Å². The van der Waals surface area contributed by atoms with Crippen LogP contribution in [0.15, 0.2) is 12.2 Å². The van der Waals surface area contributed by atoms with E-state index in [1.54, 1.807) is 6.08 Å². The van der Waals surface area contributed by atoms with Crippen molar-refractivity contribution in [2.45, 2.75) is 32.2 Å². The summed E-state index contributed by atoms with van der Waals surface area (Å²) in [6.07, 6.45) is 6.69. The minimum atomic E-state index is -3.31. The number of hydrogen-bond donors (Lipinski definition) is 0. The van der Waals surface area contributed by atoms with E-state index in [0.717, 1.165) is 19.3 Å². The van der Waals surface area contributed by atoms with E-state index >= 15 is 0 Å². The molecule has 0 heterocycles. The molecule has 0 atom stereocenters. The van der Waals surface area contributed by atoms with Crippen LogP contribution in [-0.2, 0) is 0 Å². The van der Waals surface area contributed by atoms with Crippen LogP contribution in [0.4, 0.5) is 8.22 Å². The van der Waals surface area contributed by atoms with E-state index < -0.39 is 9.46 Å². The topological polar surface area (TPSA) is 0 Å². The lowest BCUT2D eigenvalue weighted by Crippen LogP contribution is -1.90. The molecule has 0 aromatic heterocycles. The Balaban J connectivity index is 3.04. The maximum absolute atomic E-state index is 11.6. The van der Waals surface area contributed by atoms with E-state index in [1.807, 2.05) is 6.08 Å². The van der Waals surface area contributed by atoms with Gasteiger partial charge in [0.25, 0.3) is 0 Å². The zero-order valence-corrected chi connectivity index (χ0v) is 7.47. The second kappa shape index (κ2) is 6.93. The Morgan fingerprint density at radius 2 is 2.00 bits per heavy atom. The van der Waals surface area contributed by atoms with E-state index in [4.69, 9.17) is 0 Å². The summed E-state index contributed by atoms with van der Waals surface area (Å²) in [5.41, 5.74) is 0. The van der Waals surface area contributed by atoms with Gasteiger partial charge in [-0.2, -0.15) is 0 Å². The molecule has 0 rings (SSSR count). The lowest BCUT2D eigenvalue weighted by Gasteiger charge is -1.88. The highest BCUT2D eigenvalue weighted by Crippen LogP contribution is 2.00. The third kappa shape index (κ3) is 7.82. The monoisotopic (exact) mass is 164 g/mol. The van der Waals surface area contributed by atoms with Crippen LogP contribution in [0, 0.1) is 0 Å². The first-order valence-corrected chi connectivity index (χ1v) is 5.39. The Bertz CT molecular complexity index is 91.6. The smallest absolute Gasteiger partial charge is 0.274 e. The van der Waals surface area contributed by atoms with Gasteiger partial charge in [-0.3, -0.25) is 8.22 Å². The van der Waals surface area contributed by atoms with Crippen LogP contribution in [0.2, 0.25) is 6.04 Å². The van der Waals surface area contributed by atoms with Gasteiger partial charge in [-0.1, -0.05) is 31.9 Å². The zero-order chi connectivity index (χ0) is 7.82. The molecule has 0 aromatic rings. The number of hydrogen-bond acceptors (Lipinski definition) is 0. The van der Waals surface area contributed by atoms with Gasteiger partial charge in [0.2, 0.25) is 0 Å². The summed E-state index contributed by atoms with van der Waals surface area (Å²) in [6, 6.07) is 0.0454. The highest BCUT2D eigenvalue weighted by Gasteiger charge is 2.01. The van der Waals surface area contributed by atoms with Crippen molar-refractivity contribution >= 4 is 9.46 Å². The first-order chi connectivity index (χ1) is 4.77. The maximum atomic E-state index is 11.6. The van der Waals surface area contributed by atoms with E-state index in [-0.39, 0.29) is 6.04 Å². The molecule has 0 spiro atoms. The molecule has 60 valence electrons. The van der Waals surface area contributed by atoms with Gasteiger partial charge < -0.3 is 0 Å². The SMILES string of the molecule is CCCCC=CC[SiH](F)F. The van der Waals surface area contributed by atoms with Crippen molar-refractivity contribution in [2.75, 3.05) is 0 Å². The molecule has 0 saturated carbocycles. The molecule has 0 aliphatic rings. The Morgan fingerprint density at radius 1 is 1.30 bits per heavy atom. The number of unbranched alkanes of at least 4 members (excludes halogenated alkanes) is 2. The Hall–Kier alpha value is -0.183. The molecular weight excluding hydrogens is 150 g/mol. The molecule has 0 unspecified atom stereocenters. The van der Waals surface area contributed by atoms with E-state index in [1.165, 1.54) is 0 Å². The second-order valence-electron chi connectivity index (χ2n) is 2.24. The van der Waals surface area contributed by atoms with Crippen molar-refractivity contribution in [1.29, 1.82) is 0 Å². The lowest BCUT2D eigenvalue weighted by molar-refractivity contribution is 0.663. The third-order valence-electron chi connectivity index (χ3n) is 1.21. The Kier molecular flexibility index (Phi) is 6.80. The lowest BCUT2D eigenvalue weighted by atomic mass is 10.2. The molecule has 0 radical (unpaired) electrons. The van der Waals surface area contributed by atoms with Gasteiger partial charge in [0.05, 0.1) is 0 Å². The summed E-state index contributed by atoms with van der Waals surface area (Å²) in [6.45, 7) is 2.09. The van der Waals surface area contributed by atoms with Gasteiger partial charge in [-0.15, -0.1) is 0 Å². The minimum absolute atomic E-state index is 0.0454. The summed E-state index contributed by atoms with van der Waals surface area (Å²) in [7, 11) is -3.31. The van der Waals surface area contributed by atoms with Gasteiger partial charge >= 0.3 is 9.46 Å². The highest BCUT2D eigenvalue weighted by atomic mass is 28.4. The fourth-order valence-electron chi connectivity index (χ4n) is 0.639. The number of halogens is 2. The van der Waals surface area contributed by atoms with Crippen molar-refractivity contribution in [3.8, 4) is 0 Å².